The van der Waals surface area contributed by atoms with Gasteiger partial charge in [-0.05, 0) is 55.3 Å². The molecule has 0 saturated carbocycles. The molecule has 30 heavy (non-hydrogen) atoms. The quantitative estimate of drug-likeness (QED) is 0.613. The smallest absolute Gasteiger partial charge is 0.338 e. The fourth-order valence-electron chi connectivity index (χ4n) is 2.83. The molecule has 0 aliphatic carbocycles. The normalized spacial score (nSPS) is 12.4. The van der Waals surface area contributed by atoms with Crippen LogP contribution in [0.3, 0.4) is 0 Å². The van der Waals surface area contributed by atoms with E-state index in [0.717, 1.165) is 12.0 Å². The number of sulfonamides is 1. The van der Waals surface area contributed by atoms with Gasteiger partial charge in [-0.3, -0.25) is 4.79 Å². The lowest BCUT2D eigenvalue weighted by Crippen LogP contribution is -2.31. The number of rotatable bonds is 9. The highest BCUT2D eigenvalue weighted by Crippen LogP contribution is 2.17. The summed E-state index contributed by atoms with van der Waals surface area (Å²) in [6, 6.07) is 12.9. The molecule has 1 atom stereocenters. The molecule has 1 N–H and O–H groups in total. The van der Waals surface area contributed by atoms with Crippen LogP contribution in [0.4, 0.5) is 5.69 Å². The Labute approximate surface area is 178 Å². The zero-order valence-corrected chi connectivity index (χ0v) is 18.5. The van der Waals surface area contributed by atoms with Gasteiger partial charge in [0.25, 0.3) is 5.91 Å². The summed E-state index contributed by atoms with van der Waals surface area (Å²) in [6.07, 6.45) is -0.112. The molecular weight excluding hydrogens is 404 g/mol. The van der Waals surface area contributed by atoms with Gasteiger partial charge in [0.15, 0.2) is 6.10 Å². The topological polar surface area (TPSA) is 92.8 Å². The predicted octanol–water partition coefficient (Wildman–Crippen LogP) is 3.46. The summed E-state index contributed by atoms with van der Waals surface area (Å²) in [6.45, 7) is 7.76. The summed E-state index contributed by atoms with van der Waals surface area (Å²) < 4.78 is 31.6. The molecule has 0 aliphatic rings. The maximum Gasteiger partial charge on any atom is 0.338 e. The van der Waals surface area contributed by atoms with Crippen LogP contribution in [0.1, 0.15) is 43.6 Å². The standard InChI is InChI=1S/C22H28N2O5S/c1-5-17-8-12-19(13-9-17)23-21(25)16(4)29-22(26)18-10-14-20(15-11-18)30(27,28)24(6-2)7-3/h8-16H,5-7H2,1-4H3,(H,23,25). The van der Waals surface area contributed by atoms with Crippen molar-refractivity contribution < 1.29 is 22.7 Å². The van der Waals surface area contributed by atoms with Gasteiger partial charge in [0.05, 0.1) is 10.5 Å². The summed E-state index contributed by atoms with van der Waals surface area (Å²) in [4.78, 5) is 24.7. The number of anilines is 1. The third kappa shape index (κ3) is 5.67. The van der Waals surface area contributed by atoms with Crippen LogP contribution >= 0.6 is 0 Å². The van der Waals surface area contributed by atoms with Crippen molar-refractivity contribution >= 4 is 27.6 Å². The minimum Gasteiger partial charge on any atom is -0.449 e. The number of ether oxygens (including phenoxy) is 1. The molecule has 0 saturated heterocycles. The van der Waals surface area contributed by atoms with Crippen LogP contribution in [-0.4, -0.2) is 43.8 Å². The van der Waals surface area contributed by atoms with E-state index in [9.17, 15) is 18.0 Å². The summed E-state index contributed by atoms with van der Waals surface area (Å²) in [7, 11) is -3.60. The third-order valence-corrected chi connectivity index (χ3v) is 6.78. The van der Waals surface area contributed by atoms with Crippen molar-refractivity contribution in [1.29, 1.82) is 0 Å². The van der Waals surface area contributed by atoms with E-state index in [0.29, 0.717) is 18.8 Å². The number of hydrogen-bond donors (Lipinski definition) is 1. The Morgan fingerprint density at radius 1 is 0.967 bits per heavy atom. The highest BCUT2D eigenvalue weighted by atomic mass is 32.2. The number of carbonyl (C=O) groups is 2. The molecule has 0 heterocycles. The average molecular weight is 433 g/mol. The van der Waals surface area contributed by atoms with Crippen LogP contribution < -0.4 is 5.32 Å². The lowest BCUT2D eigenvalue weighted by atomic mass is 10.1. The Morgan fingerprint density at radius 3 is 2.03 bits per heavy atom. The number of amides is 1. The van der Waals surface area contributed by atoms with Crippen LogP contribution in [0, 0.1) is 0 Å². The lowest BCUT2D eigenvalue weighted by molar-refractivity contribution is -0.123. The summed E-state index contributed by atoms with van der Waals surface area (Å²) in [5.41, 5.74) is 1.94. The fourth-order valence-corrected chi connectivity index (χ4v) is 4.28. The molecule has 1 amide bonds. The maximum absolute atomic E-state index is 12.5. The number of nitrogens with one attached hydrogen (secondary N) is 1. The number of aryl methyl sites for hydroxylation is 1. The van der Waals surface area contributed by atoms with E-state index >= 15 is 0 Å². The van der Waals surface area contributed by atoms with Crippen LogP contribution in [0.5, 0.6) is 0 Å². The average Bonchev–Trinajstić information content (AvgIpc) is 2.75. The molecule has 2 aromatic rings. The van der Waals surface area contributed by atoms with E-state index in [4.69, 9.17) is 4.74 Å². The maximum atomic E-state index is 12.5. The van der Waals surface area contributed by atoms with Gasteiger partial charge >= 0.3 is 5.97 Å². The first kappa shape index (κ1) is 23.6. The van der Waals surface area contributed by atoms with Gasteiger partial charge in [-0.25, -0.2) is 13.2 Å². The van der Waals surface area contributed by atoms with Crippen molar-refractivity contribution in [2.75, 3.05) is 18.4 Å². The molecule has 2 aromatic carbocycles. The summed E-state index contributed by atoms with van der Waals surface area (Å²) >= 11 is 0. The third-order valence-electron chi connectivity index (χ3n) is 4.72. The first-order chi connectivity index (χ1) is 14.2. The molecule has 7 nitrogen and oxygen atoms in total. The van der Waals surface area contributed by atoms with Crippen molar-refractivity contribution in [3.63, 3.8) is 0 Å². The first-order valence-electron chi connectivity index (χ1n) is 9.93. The minimum absolute atomic E-state index is 0.101. The van der Waals surface area contributed by atoms with Gasteiger partial charge < -0.3 is 10.1 Å². The van der Waals surface area contributed by atoms with Gasteiger partial charge in [-0.2, -0.15) is 4.31 Å². The van der Waals surface area contributed by atoms with Gasteiger partial charge in [0.1, 0.15) is 0 Å². The van der Waals surface area contributed by atoms with E-state index in [1.165, 1.54) is 35.5 Å². The van der Waals surface area contributed by atoms with E-state index in [1.54, 1.807) is 26.0 Å². The zero-order chi connectivity index (χ0) is 22.3. The molecule has 2 rings (SSSR count). The second kappa shape index (κ2) is 10.4. The number of hydrogen-bond acceptors (Lipinski definition) is 5. The summed E-state index contributed by atoms with van der Waals surface area (Å²) in [5.74, 6) is -1.15. The van der Waals surface area contributed by atoms with Gasteiger partial charge in [-0.1, -0.05) is 32.9 Å². The number of nitrogens with zero attached hydrogens (tertiary/aromatic N) is 1. The molecule has 1 unspecified atom stereocenters. The Hall–Kier alpha value is -2.71. The van der Waals surface area contributed by atoms with Gasteiger partial charge in [0.2, 0.25) is 10.0 Å². The number of esters is 1. The minimum atomic E-state index is -3.60. The van der Waals surface area contributed by atoms with E-state index in [-0.39, 0.29) is 10.5 Å². The number of carbonyl (C=O) groups excluding carboxylic acids is 2. The van der Waals surface area contributed by atoms with Crippen LogP contribution in [0.25, 0.3) is 0 Å². The molecule has 0 spiro atoms. The summed E-state index contributed by atoms with van der Waals surface area (Å²) in [5, 5.41) is 2.70. The fraction of sp³-hybridized carbons (Fsp3) is 0.364. The van der Waals surface area contributed by atoms with Crippen LogP contribution in [0.2, 0.25) is 0 Å². The molecule has 8 heteroatoms. The molecule has 0 bridgehead atoms. The second-order valence-corrected chi connectivity index (χ2v) is 8.64. The van der Waals surface area contributed by atoms with Crippen LogP contribution in [0.15, 0.2) is 53.4 Å². The SMILES string of the molecule is CCc1ccc(NC(=O)C(C)OC(=O)c2ccc(S(=O)(=O)N(CC)CC)cc2)cc1. The van der Waals surface area contributed by atoms with Crippen LogP contribution in [-0.2, 0) is 26.0 Å². The lowest BCUT2D eigenvalue weighted by Gasteiger charge is -2.18. The van der Waals surface area contributed by atoms with Crippen molar-refractivity contribution in [1.82, 2.24) is 4.31 Å². The predicted molar refractivity (Wildman–Crippen MR) is 116 cm³/mol. The molecule has 162 valence electrons. The Balaban J connectivity index is 2.01. The highest BCUT2D eigenvalue weighted by Gasteiger charge is 2.23. The van der Waals surface area contributed by atoms with Crippen molar-refractivity contribution in [2.24, 2.45) is 0 Å². The highest BCUT2D eigenvalue weighted by molar-refractivity contribution is 7.89. The van der Waals surface area contributed by atoms with Crippen molar-refractivity contribution in [3.8, 4) is 0 Å². The van der Waals surface area contributed by atoms with Crippen molar-refractivity contribution in [2.45, 2.75) is 45.1 Å². The monoisotopic (exact) mass is 432 g/mol. The molecule has 0 radical (unpaired) electrons. The zero-order valence-electron chi connectivity index (χ0n) is 17.7. The first-order valence-corrected chi connectivity index (χ1v) is 11.4. The second-order valence-electron chi connectivity index (χ2n) is 6.70. The van der Waals surface area contributed by atoms with E-state index in [1.807, 2.05) is 19.1 Å². The van der Waals surface area contributed by atoms with E-state index in [2.05, 4.69) is 5.32 Å². The molecular formula is C22H28N2O5S. The Morgan fingerprint density at radius 2 is 1.53 bits per heavy atom. The molecule has 0 aliphatic heterocycles. The van der Waals surface area contributed by atoms with Crippen molar-refractivity contribution in [3.05, 3.63) is 59.7 Å². The largest absolute Gasteiger partial charge is 0.449 e. The molecule has 0 fully saturated rings. The van der Waals surface area contributed by atoms with E-state index < -0.39 is 28.0 Å². The van der Waals surface area contributed by atoms with Gasteiger partial charge in [-0.15, -0.1) is 0 Å². The van der Waals surface area contributed by atoms with Gasteiger partial charge in [0, 0.05) is 18.8 Å². The Bertz CT molecular complexity index is 966. The molecule has 0 aromatic heterocycles. The number of benzene rings is 2. The Kier molecular flexibility index (Phi) is 8.14.